The minimum Gasteiger partial charge on any atom is -0.496 e. The second kappa shape index (κ2) is 8.38. The van der Waals surface area contributed by atoms with E-state index in [0.717, 1.165) is 6.08 Å². The number of nitrogens with one attached hydrogen (secondary N) is 1. The molecule has 2 rings (SSSR count). The fraction of sp³-hybridized carbons (Fsp3) is 0.167. The largest absolute Gasteiger partial charge is 0.496 e. The first kappa shape index (κ1) is 23.3. The topological polar surface area (TPSA) is 72.5 Å². The van der Waals surface area contributed by atoms with Crippen LogP contribution in [0.25, 0.3) is 6.08 Å². The Labute approximate surface area is 167 Å². The van der Waals surface area contributed by atoms with Gasteiger partial charge in [-0.2, -0.15) is 26.3 Å². The molecule has 0 heterocycles. The van der Waals surface area contributed by atoms with Crippen molar-refractivity contribution in [2.45, 2.75) is 12.4 Å². The lowest BCUT2D eigenvalue weighted by molar-refractivity contribution is -0.143. The van der Waals surface area contributed by atoms with Crippen molar-refractivity contribution >= 4 is 22.0 Å². The summed E-state index contributed by atoms with van der Waals surface area (Å²) in [6.45, 7) is 0. The van der Waals surface area contributed by atoms with Gasteiger partial charge < -0.3 is 4.74 Å². The van der Waals surface area contributed by atoms with Gasteiger partial charge in [-0.05, 0) is 30.3 Å². The van der Waals surface area contributed by atoms with Gasteiger partial charge in [0.1, 0.15) is 5.75 Å². The molecule has 12 heteroatoms. The third-order valence-corrected chi connectivity index (χ3v) is 4.66. The van der Waals surface area contributed by atoms with Crippen LogP contribution in [0, 0.1) is 0 Å². The molecule has 0 aliphatic heterocycles. The van der Waals surface area contributed by atoms with E-state index in [1.807, 2.05) is 0 Å². The average Bonchev–Trinajstić information content (AvgIpc) is 2.64. The Morgan fingerprint density at radius 1 is 1.00 bits per heavy atom. The van der Waals surface area contributed by atoms with Crippen LogP contribution >= 0.6 is 0 Å². The van der Waals surface area contributed by atoms with Crippen molar-refractivity contribution in [3.05, 3.63) is 70.1 Å². The Hall–Kier alpha value is -3.02. The number of para-hydroxylation sites is 1. The number of sulfonamides is 1. The minimum atomic E-state index is -5.33. The summed E-state index contributed by atoms with van der Waals surface area (Å²) in [5.74, 6) is -1.45. The molecule has 0 aliphatic rings. The molecule has 0 spiro atoms. The van der Waals surface area contributed by atoms with Crippen LogP contribution in [0.4, 0.5) is 26.3 Å². The van der Waals surface area contributed by atoms with E-state index in [1.54, 1.807) is 12.1 Å². The fourth-order valence-corrected chi connectivity index (χ4v) is 3.10. The predicted molar refractivity (Wildman–Crippen MR) is 94.9 cm³/mol. The number of benzene rings is 2. The maximum atomic E-state index is 13.1. The van der Waals surface area contributed by atoms with E-state index in [2.05, 4.69) is 0 Å². The first-order chi connectivity index (χ1) is 13.7. The van der Waals surface area contributed by atoms with Crippen LogP contribution in [-0.2, 0) is 22.4 Å². The summed E-state index contributed by atoms with van der Waals surface area (Å²) in [6, 6.07) is 6.42. The highest BCUT2D eigenvalue weighted by Gasteiger charge is 2.39. The number of hydrogen-bond acceptors (Lipinski definition) is 4. The minimum absolute atomic E-state index is 0.251. The number of ether oxygens (including phenoxy) is 1. The van der Waals surface area contributed by atoms with Gasteiger partial charge in [0.2, 0.25) is 0 Å². The number of amides is 1. The monoisotopic (exact) mass is 453 g/mol. The number of halogens is 6. The molecule has 0 atom stereocenters. The molecule has 0 bridgehead atoms. The van der Waals surface area contributed by atoms with E-state index in [9.17, 15) is 39.6 Å². The molecule has 0 saturated carbocycles. The van der Waals surface area contributed by atoms with E-state index in [0.29, 0.717) is 11.0 Å². The Morgan fingerprint density at radius 2 is 1.63 bits per heavy atom. The van der Waals surface area contributed by atoms with Gasteiger partial charge in [0.25, 0.3) is 15.9 Å². The standard InChI is InChI=1S/C18H13F6NO4S/c1-29-15-5-3-2-4-11(15)8-9-30(27,28)25-16(26)13-7-6-12(17(19,20)21)10-14(13)18(22,23)24/h2-10H,1H3,(H,25,26)/b9-8+. The van der Waals surface area contributed by atoms with Gasteiger partial charge in [0.15, 0.2) is 0 Å². The summed E-state index contributed by atoms with van der Waals surface area (Å²) in [6.07, 6.45) is -9.38. The lowest BCUT2D eigenvalue weighted by Crippen LogP contribution is -2.31. The normalized spacial score (nSPS) is 12.8. The first-order valence-corrected chi connectivity index (χ1v) is 9.46. The molecule has 0 unspecified atom stereocenters. The third kappa shape index (κ3) is 5.75. The van der Waals surface area contributed by atoms with Crippen LogP contribution < -0.4 is 9.46 Å². The molecule has 0 aliphatic carbocycles. The third-order valence-electron chi connectivity index (χ3n) is 3.70. The molecule has 30 heavy (non-hydrogen) atoms. The van der Waals surface area contributed by atoms with Crippen LogP contribution in [0.2, 0.25) is 0 Å². The van der Waals surface area contributed by atoms with Crippen LogP contribution in [0.3, 0.4) is 0 Å². The summed E-state index contributed by atoms with van der Waals surface area (Å²) < 4.78 is 108. The van der Waals surface area contributed by atoms with Crippen LogP contribution in [0.5, 0.6) is 5.75 Å². The second-order valence-corrected chi connectivity index (χ2v) is 7.34. The SMILES string of the molecule is COc1ccccc1/C=C/S(=O)(=O)NC(=O)c1ccc(C(F)(F)F)cc1C(F)(F)F. The summed E-state index contributed by atoms with van der Waals surface area (Å²) >= 11 is 0. The van der Waals surface area contributed by atoms with E-state index in [1.165, 1.54) is 24.0 Å². The maximum absolute atomic E-state index is 13.1. The van der Waals surface area contributed by atoms with Gasteiger partial charge in [0.05, 0.1) is 29.2 Å². The van der Waals surface area contributed by atoms with Crippen molar-refractivity contribution in [3.8, 4) is 5.75 Å². The second-order valence-electron chi connectivity index (χ2n) is 5.78. The first-order valence-electron chi connectivity index (χ1n) is 7.91. The molecule has 162 valence electrons. The van der Waals surface area contributed by atoms with Crippen molar-refractivity contribution in [2.24, 2.45) is 0 Å². The molecule has 2 aromatic carbocycles. The van der Waals surface area contributed by atoms with Crippen LogP contribution in [0.1, 0.15) is 27.0 Å². The van der Waals surface area contributed by atoms with Crippen LogP contribution in [-0.4, -0.2) is 21.4 Å². The van der Waals surface area contributed by atoms with E-state index in [-0.39, 0.29) is 23.9 Å². The number of carbonyl (C=O) groups excluding carboxylic acids is 1. The Balaban J connectivity index is 2.35. The van der Waals surface area contributed by atoms with Crippen LogP contribution in [0.15, 0.2) is 47.9 Å². The molecule has 0 fully saturated rings. The number of carbonyl (C=O) groups is 1. The van der Waals surface area contributed by atoms with E-state index in [4.69, 9.17) is 4.74 Å². The zero-order valence-corrected chi connectivity index (χ0v) is 15.8. The molecule has 5 nitrogen and oxygen atoms in total. The molecule has 0 aromatic heterocycles. The fourth-order valence-electron chi connectivity index (χ4n) is 2.34. The van der Waals surface area contributed by atoms with Gasteiger partial charge in [-0.1, -0.05) is 18.2 Å². The zero-order chi connectivity index (χ0) is 22.7. The van der Waals surface area contributed by atoms with Gasteiger partial charge in [-0.15, -0.1) is 0 Å². The quantitative estimate of drug-likeness (QED) is 0.679. The molecule has 2 aromatic rings. The molecular weight excluding hydrogens is 440 g/mol. The summed E-state index contributed by atoms with van der Waals surface area (Å²) in [5, 5.41) is 0.514. The zero-order valence-electron chi connectivity index (χ0n) is 15.0. The van der Waals surface area contributed by atoms with Gasteiger partial charge in [-0.3, -0.25) is 4.79 Å². The summed E-state index contributed by atoms with van der Waals surface area (Å²) in [5.41, 5.74) is -4.53. The highest BCUT2D eigenvalue weighted by Crippen LogP contribution is 2.37. The lowest BCUT2D eigenvalue weighted by atomic mass is 10.0. The van der Waals surface area contributed by atoms with Gasteiger partial charge in [-0.25, -0.2) is 13.1 Å². The van der Waals surface area contributed by atoms with Crippen molar-refractivity contribution in [3.63, 3.8) is 0 Å². The molecule has 0 saturated heterocycles. The Morgan fingerprint density at radius 3 is 2.20 bits per heavy atom. The Bertz CT molecular complexity index is 1070. The molecule has 0 radical (unpaired) electrons. The molecular formula is C18H13F6NO4S. The number of hydrogen-bond donors (Lipinski definition) is 1. The van der Waals surface area contributed by atoms with Crippen molar-refractivity contribution in [2.75, 3.05) is 7.11 Å². The average molecular weight is 453 g/mol. The number of methoxy groups -OCH3 is 1. The summed E-state index contributed by atoms with van der Waals surface area (Å²) in [4.78, 5) is 12.1. The van der Waals surface area contributed by atoms with Crippen molar-refractivity contribution in [1.29, 1.82) is 0 Å². The molecule has 1 amide bonds. The maximum Gasteiger partial charge on any atom is 0.417 e. The number of alkyl halides is 6. The molecule has 1 N–H and O–H groups in total. The van der Waals surface area contributed by atoms with E-state index < -0.39 is 45.0 Å². The van der Waals surface area contributed by atoms with Crippen molar-refractivity contribution < 1.29 is 44.3 Å². The smallest absolute Gasteiger partial charge is 0.417 e. The highest BCUT2D eigenvalue weighted by molar-refractivity contribution is 7.93. The number of rotatable bonds is 5. The Kier molecular flexibility index (Phi) is 6.50. The van der Waals surface area contributed by atoms with Gasteiger partial charge in [0, 0.05) is 5.56 Å². The lowest BCUT2D eigenvalue weighted by Gasteiger charge is -2.15. The van der Waals surface area contributed by atoms with E-state index >= 15 is 0 Å². The summed E-state index contributed by atoms with van der Waals surface area (Å²) in [7, 11) is -3.25. The predicted octanol–water partition coefficient (Wildman–Crippen LogP) is 4.46. The van der Waals surface area contributed by atoms with Gasteiger partial charge >= 0.3 is 12.4 Å². The highest BCUT2D eigenvalue weighted by atomic mass is 32.2. The van der Waals surface area contributed by atoms with Crippen molar-refractivity contribution in [1.82, 2.24) is 4.72 Å².